The number of rotatable bonds is 5. The Morgan fingerprint density at radius 1 is 1.25 bits per heavy atom. The molecule has 2 aromatic heterocycles. The van der Waals surface area contributed by atoms with Gasteiger partial charge >= 0.3 is 5.63 Å². The van der Waals surface area contributed by atoms with Gasteiger partial charge in [-0.25, -0.2) is 4.79 Å². The summed E-state index contributed by atoms with van der Waals surface area (Å²) < 4.78 is 5.90. The highest BCUT2D eigenvalue weighted by Crippen LogP contribution is 2.24. The molecule has 0 unspecified atom stereocenters. The second-order valence-corrected chi connectivity index (χ2v) is 5.22. The predicted molar refractivity (Wildman–Crippen MR) is 79.0 cm³/mol. The van der Waals surface area contributed by atoms with Gasteiger partial charge in [-0.1, -0.05) is 11.8 Å². The number of aryl methyl sites for hydroxylation is 1. The van der Waals surface area contributed by atoms with Gasteiger partial charge < -0.3 is 14.6 Å². The van der Waals surface area contributed by atoms with Crippen molar-refractivity contribution in [3.05, 3.63) is 33.2 Å². The molecular formula is C15H16O4S. The summed E-state index contributed by atoms with van der Waals surface area (Å²) in [6, 6.07) is 1.87. The molecule has 0 atom stereocenters. The van der Waals surface area contributed by atoms with Crippen molar-refractivity contribution in [3.63, 3.8) is 0 Å². The number of aliphatic hydroxyl groups excluding tert-OH is 2. The summed E-state index contributed by atoms with van der Waals surface area (Å²) in [4.78, 5) is 11.9. The monoisotopic (exact) mass is 292 g/mol. The highest BCUT2D eigenvalue weighted by molar-refractivity contribution is 7.17. The molecule has 2 N–H and O–H groups in total. The lowest BCUT2D eigenvalue weighted by Crippen LogP contribution is -2.04. The highest BCUT2D eigenvalue weighted by Gasteiger charge is 2.13. The Kier molecular flexibility index (Phi) is 5.36. The predicted octanol–water partition coefficient (Wildman–Crippen LogP) is 1.90. The Labute approximate surface area is 120 Å². The second kappa shape index (κ2) is 7.25. The molecule has 20 heavy (non-hydrogen) atoms. The number of fused-ring (bicyclic) bond motifs is 1. The first-order chi connectivity index (χ1) is 9.77. The summed E-state index contributed by atoms with van der Waals surface area (Å²) >= 11 is 1.34. The Balaban J connectivity index is 2.45. The van der Waals surface area contributed by atoms with E-state index in [0.29, 0.717) is 36.1 Å². The van der Waals surface area contributed by atoms with Crippen LogP contribution in [0.5, 0.6) is 0 Å². The maximum atomic E-state index is 11.9. The van der Waals surface area contributed by atoms with Gasteiger partial charge in [-0.15, -0.1) is 11.3 Å². The molecule has 5 heteroatoms. The molecule has 0 aromatic carbocycles. The quantitative estimate of drug-likeness (QED) is 0.652. The fourth-order valence-corrected chi connectivity index (χ4v) is 2.67. The van der Waals surface area contributed by atoms with E-state index in [0.717, 1.165) is 10.9 Å². The summed E-state index contributed by atoms with van der Waals surface area (Å²) in [5, 5.41) is 20.3. The molecule has 106 valence electrons. The van der Waals surface area contributed by atoms with Crippen molar-refractivity contribution in [3.8, 4) is 11.8 Å². The number of thiophene rings is 1. The van der Waals surface area contributed by atoms with Crippen molar-refractivity contribution in [1.82, 2.24) is 0 Å². The van der Waals surface area contributed by atoms with E-state index in [2.05, 4.69) is 11.8 Å². The topological polar surface area (TPSA) is 70.7 Å². The summed E-state index contributed by atoms with van der Waals surface area (Å²) in [6.07, 6.45) is 2.24. The molecule has 0 aliphatic heterocycles. The van der Waals surface area contributed by atoms with Crippen molar-refractivity contribution >= 4 is 21.4 Å². The molecular weight excluding hydrogens is 276 g/mol. The van der Waals surface area contributed by atoms with Gasteiger partial charge in [-0.2, -0.15) is 0 Å². The maximum Gasteiger partial charge on any atom is 0.354 e. The average molecular weight is 292 g/mol. The molecule has 0 amide bonds. The van der Waals surface area contributed by atoms with Crippen LogP contribution in [-0.4, -0.2) is 23.4 Å². The van der Waals surface area contributed by atoms with Gasteiger partial charge in [0.05, 0.1) is 5.56 Å². The zero-order chi connectivity index (χ0) is 14.4. The minimum atomic E-state index is -0.344. The first-order valence-electron chi connectivity index (χ1n) is 6.51. The van der Waals surface area contributed by atoms with Crippen LogP contribution in [0.2, 0.25) is 0 Å². The van der Waals surface area contributed by atoms with Crippen LogP contribution in [-0.2, 0) is 6.42 Å². The number of aliphatic hydroxyl groups is 2. The average Bonchev–Trinajstić information content (AvgIpc) is 2.93. The third-order valence-electron chi connectivity index (χ3n) is 2.85. The molecule has 0 aliphatic rings. The van der Waals surface area contributed by atoms with Crippen LogP contribution in [0.25, 0.3) is 10.1 Å². The van der Waals surface area contributed by atoms with Crippen LogP contribution >= 0.6 is 11.3 Å². The number of hydrogen-bond acceptors (Lipinski definition) is 5. The van der Waals surface area contributed by atoms with Crippen LogP contribution in [0.15, 0.2) is 20.7 Å². The molecule has 0 saturated carbocycles. The van der Waals surface area contributed by atoms with Crippen molar-refractivity contribution < 1.29 is 14.6 Å². The van der Waals surface area contributed by atoms with Gasteiger partial charge in [-0.3, -0.25) is 0 Å². The van der Waals surface area contributed by atoms with Crippen molar-refractivity contribution in [2.24, 2.45) is 0 Å². The normalized spacial score (nSPS) is 10.5. The Morgan fingerprint density at radius 3 is 2.80 bits per heavy atom. The van der Waals surface area contributed by atoms with Crippen molar-refractivity contribution in [1.29, 1.82) is 0 Å². The fraction of sp³-hybridized carbons (Fsp3) is 0.400. The molecule has 0 fully saturated rings. The minimum absolute atomic E-state index is 0.0444. The standard InChI is InChI=1S/C15H16O4S/c16-8-3-1-2-5-11-12-7-10-20-14(12)15(18)19-13(11)6-4-9-17/h7,10,16-17H,1,3-4,6,8-9H2. The Bertz CT molecular complexity index is 687. The molecule has 0 saturated heterocycles. The van der Waals surface area contributed by atoms with Crippen LogP contribution in [0, 0.1) is 11.8 Å². The van der Waals surface area contributed by atoms with Gasteiger partial charge in [0.1, 0.15) is 10.5 Å². The molecule has 2 rings (SSSR count). The van der Waals surface area contributed by atoms with E-state index < -0.39 is 0 Å². The zero-order valence-corrected chi connectivity index (χ0v) is 11.8. The van der Waals surface area contributed by atoms with Gasteiger partial charge in [0.15, 0.2) is 0 Å². The molecule has 0 aliphatic carbocycles. The van der Waals surface area contributed by atoms with E-state index >= 15 is 0 Å². The largest absolute Gasteiger partial charge is 0.426 e. The van der Waals surface area contributed by atoms with E-state index in [-0.39, 0.29) is 18.8 Å². The summed E-state index contributed by atoms with van der Waals surface area (Å²) in [6.45, 7) is 0.159. The van der Waals surface area contributed by atoms with Crippen LogP contribution in [0.3, 0.4) is 0 Å². The molecule has 2 heterocycles. The van der Waals surface area contributed by atoms with E-state index in [1.165, 1.54) is 11.3 Å². The number of unbranched alkanes of at least 4 members (excludes halogenated alkanes) is 1. The smallest absolute Gasteiger partial charge is 0.354 e. The summed E-state index contributed by atoms with van der Waals surface area (Å²) in [5.41, 5.74) is 0.385. The second-order valence-electron chi connectivity index (χ2n) is 4.31. The molecule has 0 spiro atoms. The molecule has 2 aromatic rings. The lowest BCUT2D eigenvalue weighted by Gasteiger charge is -2.03. The molecule has 4 nitrogen and oxygen atoms in total. The van der Waals surface area contributed by atoms with Crippen LogP contribution in [0.1, 0.15) is 30.6 Å². The summed E-state index contributed by atoms with van der Waals surface area (Å²) in [7, 11) is 0. The minimum Gasteiger partial charge on any atom is -0.426 e. The van der Waals surface area contributed by atoms with Crippen molar-refractivity contribution in [2.45, 2.75) is 25.7 Å². The van der Waals surface area contributed by atoms with Crippen LogP contribution in [0.4, 0.5) is 0 Å². The maximum absolute atomic E-state index is 11.9. The first kappa shape index (κ1) is 14.8. The van der Waals surface area contributed by atoms with Gasteiger partial charge in [0.25, 0.3) is 0 Å². The van der Waals surface area contributed by atoms with E-state index in [1.807, 2.05) is 11.4 Å². The zero-order valence-electron chi connectivity index (χ0n) is 11.0. The lowest BCUT2D eigenvalue weighted by atomic mass is 10.1. The van der Waals surface area contributed by atoms with E-state index in [1.54, 1.807) is 0 Å². The van der Waals surface area contributed by atoms with Crippen LogP contribution < -0.4 is 5.63 Å². The van der Waals surface area contributed by atoms with Crippen molar-refractivity contribution in [2.75, 3.05) is 13.2 Å². The Hall–Kier alpha value is -1.61. The summed E-state index contributed by atoms with van der Waals surface area (Å²) in [5.74, 6) is 6.57. The Morgan fingerprint density at radius 2 is 2.05 bits per heavy atom. The van der Waals surface area contributed by atoms with Gasteiger partial charge in [-0.05, 0) is 24.3 Å². The van der Waals surface area contributed by atoms with Gasteiger partial charge in [0.2, 0.25) is 0 Å². The van der Waals surface area contributed by atoms with Gasteiger partial charge in [0, 0.05) is 31.4 Å². The SMILES string of the molecule is O=c1oc(CCCO)c(C#CCCCO)c2ccsc12. The molecule has 0 radical (unpaired) electrons. The molecule has 0 bridgehead atoms. The first-order valence-corrected chi connectivity index (χ1v) is 7.39. The third kappa shape index (κ3) is 3.28. The van der Waals surface area contributed by atoms with E-state index in [9.17, 15) is 4.79 Å². The van der Waals surface area contributed by atoms with E-state index in [4.69, 9.17) is 14.6 Å². The highest BCUT2D eigenvalue weighted by atomic mass is 32.1. The fourth-order valence-electron chi connectivity index (χ4n) is 1.89. The third-order valence-corrected chi connectivity index (χ3v) is 3.74. The lowest BCUT2D eigenvalue weighted by molar-refractivity contribution is 0.283. The number of hydrogen-bond donors (Lipinski definition) is 2.